The van der Waals surface area contributed by atoms with Gasteiger partial charge in [0.05, 0.1) is 0 Å². The quantitative estimate of drug-likeness (QED) is 0.218. The van der Waals surface area contributed by atoms with Gasteiger partial charge in [0, 0.05) is 0 Å². The van der Waals surface area contributed by atoms with Crippen LogP contribution in [-0.4, -0.2) is 52.4 Å². The predicted octanol–water partition coefficient (Wildman–Crippen LogP) is 4.17. The van der Waals surface area contributed by atoms with E-state index in [4.69, 9.17) is 0 Å². The third kappa shape index (κ3) is 9.49. The summed E-state index contributed by atoms with van der Waals surface area (Å²) in [5.41, 5.74) is 7.44. The number of fused-ring (bicyclic) bond motifs is 2. The molecule has 0 spiro atoms. The number of nitrogens with zero attached hydrogens (tertiary/aromatic N) is 4. The summed E-state index contributed by atoms with van der Waals surface area (Å²) in [6, 6.07) is 25.8. The standard InChI is InChI=1S/C20H16N4Se2.2BF4/c1-3-7-19-17(5-1)21-25-23(19)13-15-9-11-16(12-10-15)14-24-20-8-4-2-6-18(20)22-26-24;2*2-1(3,4)5/h1-12H,13-14H2;;/q+2;2*-1. The average Bonchev–Trinajstić information content (AvgIpc) is 3.37. The molecule has 0 N–H and O–H groups in total. The molecule has 0 aliphatic heterocycles. The molecule has 190 valence electrons. The van der Waals surface area contributed by atoms with Crippen molar-refractivity contribution in [2.24, 2.45) is 0 Å². The van der Waals surface area contributed by atoms with E-state index in [1.165, 1.54) is 22.2 Å². The van der Waals surface area contributed by atoms with Gasteiger partial charge >= 0.3 is 179 Å². The average molecular weight is 644 g/mol. The molecule has 0 fully saturated rings. The molecule has 0 amide bonds. The molecule has 2 aromatic heterocycles. The Balaban J connectivity index is 0.000000310. The molecule has 0 aliphatic carbocycles. The molecular weight excluding hydrogens is 628 g/mol. The van der Waals surface area contributed by atoms with Crippen LogP contribution in [0.15, 0.2) is 72.8 Å². The van der Waals surface area contributed by atoms with Crippen molar-refractivity contribution in [3.8, 4) is 0 Å². The Morgan fingerprint density at radius 2 is 0.833 bits per heavy atom. The Labute approximate surface area is 212 Å². The van der Waals surface area contributed by atoms with Gasteiger partial charge in [-0.25, -0.2) is 0 Å². The molecule has 0 atom stereocenters. The predicted molar refractivity (Wildman–Crippen MR) is 123 cm³/mol. The molecule has 0 saturated carbocycles. The SMILES string of the molecule is F[B-](F)(F)F.F[B-](F)(F)F.c1ccc2c(c1)n[se][n+]2Cc1ccc(C[n+]2[se]nc3ccccc32)cc1. The van der Waals surface area contributed by atoms with Gasteiger partial charge in [-0.1, -0.05) is 0 Å². The second-order valence-corrected chi connectivity index (χ2v) is 10.5. The second-order valence-electron chi connectivity index (χ2n) is 7.20. The molecular formula is C20H16B2F8N4Se2. The van der Waals surface area contributed by atoms with Crippen molar-refractivity contribution in [2.45, 2.75) is 13.1 Å². The van der Waals surface area contributed by atoms with E-state index in [2.05, 4.69) is 87.9 Å². The Bertz CT molecular complexity index is 1290. The molecule has 0 aliphatic rings. The molecule has 5 rings (SSSR count). The molecule has 0 bridgehead atoms. The van der Waals surface area contributed by atoms with Gasteiger partial charge in [-0.15, -0.1) is 0 Å². The maximum absolute atomic E-state index is 9.75. The van der Waals surface area contributed by atoms with Gasteiger partial charge in [-0.05, 0) is 0 Å². The fourth-order valence-corrected chi connectivity index (χ4v) is 6.40. The van der Waals surface area contributed by atoms with Crippen LogP contribution in [0.4, 0.5) is 34.5 Å². The summed E-state index contributed by atoms with van der Waals surface area (Å²) in [7, 11) is -12.0. The Morgan fingerprint density at radius 3 is 1.17 bits per heavy atom. The van der Waals surface area contributed by atoms with Crippen LogP contribution < -0.4 is 7.12 Å². The molecule has 0 radical (unpaired) electrons. The Kier molecular flexibility index (Phi) is 9.46. The van der Waals surface area contributed by atoms with Gasteiger partial charge < -0.3 is 34.5 Å². The van der Waals surface area contributed by atoms with Crippen LogP contribution in [0, 0.1) is 0 Å². The van der Waals surface area contributed by atoms with Gasteiger partial charge in [0.2, 0.25) is 0 Å². The molecule has 2 heterocycles. The zero-order chi connectivity index (χ0) is 26.3. The number of hydrogen-bond acceptors (Lipinski definition) is 2. The number of rotatable bonds is 4. The first-order valence-electron chi connectivity index (χ1n) is 10.2. The fourth-order valence-electron chi connectivity index (χ4n) is 3.09. The molecule has 0 unspecified atom stereocenters. The summed E-state index contributed by atoms with van der Waals surface area (Å²) in [5, 5.41) is 0. The van der Waals surface area contributed by atoms with Crippen LogP contribution in [0.3, 0.4) is 0 Å². The monoisotopic (exact) mass is 646 g/mol. The van der Waals surface area contributed by atoms with Crippen molar-refractivity contribution in [3.05, 3.63) is 83.9 Å². The van der Waals surface area contributed by atoms with Crippen molar-refractivity contribution in [1.29, 1.82) is 0 Å². The maximum atomic E-state index is 9.75. The number of para-hydroxylation sites is 2. The van der Waals surface area contributed by atoms with E-state index in [0.29, 0.717) is 0 Å². The van der Waals surface area contributed by atoms with Crippen LogP contribution in [0.25, 0.3) is 22.1 Å². The Morgan fingerprint density at radius 1 is 0.528 bits per heavy atom. The van der Waals surface area contributed by atoms with E-state index in [0.717, 1.165) is 24.1 Å². The topological polar surface area (TPSA) is 33.5 Å². The van der Waals surface area contributed by atoms with E-state index in [1.54, 1.807) is 0 Å². The number of hydrogen-bond donors (Lipinski definition) is 0. The van der Waals surface area contributed by atoms with Gasteiger partial charge in [0.25, 0.3) is 0 Å². The molecule has 4 nitrogen and oxygen atoms in total. The van der Waals surface area contributed by atoms with E-state index < -0.39 is 14.5 Å². The van der Waals surface area contributed by atoms with Crippen molar-refractivity contribution < 1.29 is 41.7 Å². The van der Waals surface area contributed by atoms with Crippen LogP contribution in [0.5, 0.6) is 0 Å². The van der Waals surface area contributed by atoms with E-state index >= 15 is 0 Å². The molecule has 5 aromatic rings. The number of halogens is 8. The third-order valence-corrected chi connectivity index (χ3v) is 7.81. The van der Waals surface area contributed by atoms with Crippen LogP contribution in [-0.2, 0) is 13.1 Å². The van der Waals surface area contributed by atoms with Gasteiger partial charge in [0.15, 0.2) is 0 Å². The fraction of sp³-hybridized carbons (Fsp3) is 0.100. The third-order valence-electron chi connectivity index (χ3n) is 4.45. The first-order chi connectivity index (χ1) is 16.9. The zero-order valence-electron chi connectivity index (χ0n) is 18.1. The minimum absolute atomic E-state index is 0.158. The van der Waals surface area contributed by atoms with Gasteiger partial charge in [-0.3, -0.25) is 0 Å². The van der Waals surface area contributed by atoms with Crippen LogP contribution in [0.1, 0.15) is 11.1 Å². The van der Waals surface area contributed by atoms with Crippen molar-refractivity contribution in [1.82, 2.24) is 7.96 Å². The van der Waals surface area contributed by atoms with E-state index in [9.17, 15) is 34.5 Å². The van der Waals surface area contributed by atoms with Crippen molar-refractivity contribution >= 4 is 66.5 Å². The van der Waals surface area contributed by atoms with Gasteiger partial charge in [0.1, 0.15) is 0 Å². The zero-order valence-corrected chi connectivity index (χ0v) is 21.6. The van der Waals surface area contributed by atoms with Gasteiger partial charge in [-0.2, -0.15) is 0 Å². The molecule has 16 heteroatoms. The normalized spacial score (nSPS) is 11.6. The summed E-state index contributed by atoms with van der Waals surface area (Å²) >= 11 is 0.317. The second kappa shape index (κ2) is 12.1. The van der Waals surface area contributed by atoms with Crippen molar-refractivity contribution in [2.75, 3.05) is 0 Å². The summed E-state index contributed by atoms with van der Waals surface area (Å²) in [6.07, 6.45) is 0. The first-order valence-corrected chi connectivity index (χ1v) is 13.3. The first kappa shape index (κ1) is 28.0. The van der Waals surface area contributed by atoms with E-state index in [-0.39, 0.29) is 29.9 Å². The summed E-state index contributed by atoms with van der Waals surface area (Å²) in [6.45, 7) is 1.85. The number of aromatic nitrogens is 4. The molecule has 0 saturated heterocycles. The summed E-state index contributed by atoms with van der Waals surface area (Å²) in [5.74, 6) is 0. The molecule has 3 aromatic carbocycles. The van der Waals surface area contributed by atoms with Crippen LogP contribution >= 0.6 is 0 Å². The Hall–Kier alpha value is -2.53. The minimum atomic E-state index is -6.00. The summed E-state index contributed by atoms with van der Waals surface area (Å²) in [4.78, 5) is 0. The van der Waals surface area contributed by atoms with Crippen LogP contribution in [0.2, 0.25) is 0 Å². The molecule has 36 heavy (non-hydrogen) atoms. The summed E-state index contributed by atoms with van der Waals surface area (Å²) < 4.78 is 92.1. The number of benzene rings is 3. The van der Waals surface area contributed by atoms with Crippen molar-refractivity contribution in [3.63, 3.8) is 0 Å². The van der Waals surface area contributed by atoms with E-state index in [1.807, 2.05) is 0 Å².